The van der Waals surface area contributed by atoms with Gasteiger partial charge in [0.15, 0.2) is 0 Å². The van der Waals surface area contributed by atoms with Crippen LogP contribution < -0.4 is 0 Å². The number of alkyl halides is 1. The summed E-state index contributed by atoms with van der Waals surface area (Å²) < 4.78 is 16.7. The first-order valence-corrected chi connectivity index (χ1v) is 7.86. The van der Waals surface area contributed by atoms with Crippen molar-refractivity contribution in [1.29, 1.82) is 0 Å². The van der Waals surface area contributed by atoms with Crippen molar-refractivity contribution in [2.75, 3.05) is 0 Å². The molecule has 1 aromatic heterocycles. The molecule has 0 aliphatic rings. The largest absolute Gasteiger partial charge is 0.291 e. The summed E-state index contributed by atoms with van der Waals surface area (Å²) in [6.45, 7) is 1.80. The molecule has 3 aromatic rings. The summed E-state index contributed by atoms with van der Waals surface area (Å²) in [5.74, 6) is 0.210. The van der Waals surface area contributed by atoms with Gasteiger partial charge in [-0.05, 0) is 53.2 Å². The maximum atomic E-state index is 14.3. The Labute approximate surface area is 139 Å². The Morgan fingerprint density at radius 2 is 2.05 bits per heavy atom. The third-order valence-electron chi connectivity index (χ3n) is 3.16. The van der Waals surface area contributed by atoms with Crippen molar-refractivity contribution in [3.8, 4) is 5.69 Å². The third-order valence-corrected chi connectivity index (χ3v) is 4.23. The molecule has 0 saturated carbocycles. The van der Waals surface area contributed by atoms with Crippen molar-refractivity contribution < 1.29 is 4.39 Å². The van der Waals surface area contributed by atoms with Crippen LogP contribution in [0.25, 0.3) is 16.7 Å². The maximum Gasteiger partial charge on any atom is 0.148 e. The molecule has 0 aliphatic carbocycles. The number of imidazole rings is 1. The second-order valence-corrected chi connectivity index (χ2v) is 6.57. The Bertz CT molecular complexity index is 810. The van der Waals surface area contributed by atoms with Gasteiger partial charge < -0.3 is 0 Å². The molecule has 108 valence electrons. The maximum absolute atomic E-state index is 14.3. The van der Waals surface area contributed by atoms with E-state index >= 15 is 0 Å². The molecule has 6 heteroatoms. The second-order valence-electron chi connectivity index (χ2n) is 4.62. The Balaban J connectivity index is 2.44. The highest BCUT2D eigenvalue weighted by Crippen LogP contribution is 2.33. The first-order valence-electron chi connectivity index (χ1n) is 6.25. The predicted molar refractivity (Wildman–Crippen MR) is 88.0 cm³/mol. The van der Waals surface area contributed by atoms with E-state index in [4.69, 9.17) is 23.2 Å². The van der Waals surface area contributed by atoms with Gasteiger partial charge in [0.2, 0.25) is 0 Å². The second kappa shape index (κ2) is 5.59. The molecule has 1 heterocycles. The molecule has 1 unspecified atom stereocenters. The van der Waals surface area contributed by atoms with Crippen LogP contribution in [0.1, 0.15) is 18.1 Å². The zero-order chi connectivity index (χ0) is 15.1. The summed E-state index contributed by atoms with van der Waals surface area (Å²) in [5, 5.41) is 0.188. The summed E-state index contributed by atoms with van der Waals surface area (Å²) in [6.07, 6.45) is 0. The summed E-state index contributed by atoms with van der Waals surface area (Å²) >= 11 is 15.7. The van der Waals surface area contributed by atoms with Crippen molar-refractivity contribution in [2.24, 2.45) is 0 Å². The van der Waals surface area contributed by atoms with E-state index < -0.39 is 0 Å². The van der Waals surface area contributed by atoms with Crippen LogP contribution in [0.3, 0.4) is 0 Å². The number of hydrogen-bond donors (Lipinski definition) is 0. The highest BCUT2D eigenvalue weighted by molar-refractivity contribution is 9.10. The number of para-hydroxylation sites is 1. The quantitative estimate of drug-likeness (QED) is 0.502. The molecule has 0 radical (unpaired) electrons. The minimum Gasteiger partial charge on any atom is -0.291 e. The third kappa shape index (κ3) is 2.56. The molecule has 0 bridgehead atoms. The smallest absolute Gasteiger partial charge is 0.148 e. The number of aromatic nitrogens is 2. The first-order chi connectivity index (χ1) is 9.99. The molecular formula is C15H10BrCl2FN2. The molecular weight excluding hydrogens is 378 g/mol. The van der Waals surface area contributed by atoms with Gasteiger partial charge >= 0.3 is 0 Å². The fraction of sp³-hybridized carbons (Fsp3) is 0.133. The van der Waals surface area contributed by atoms with Crippen LogP contribution in [-0.4, -0.2) is 9.55 Å². The van der Waals surface area contributed by atoms with E-state index in [1.165, 1.54) is 6.07 Å². The van der Waals surface area contributed by atoms with E-state index in [9.17, 15) is 4.39 Å². The minimum absolute atomic E-state index is 0.359. The van der Waals surface area contributed by atoms with Crippen LogP contribution in [0, 0.1) is 5.82 Å². The van der Waals surface area contributed by atoms with Crippen molar-refractivity contribution in [3.63, 3.8) is 0 Å². The monoisotopic (exact) mass is 386 g/mol. The molecule has 0 saturated heterocycles. The van der Waals surface area contributed by atoms with Gasteiger partial charge in [-0.15, -0.1) is 11.6 Å². The molecule has 0 spiro atoms. The molecule has 1 atom stereocenters. The van der Waals surface area contributed by atoms with Gasteiger partial charge in [-0.3, -0.25) is 4.57 Å². The lowest BCUT2D eigenvalue weighted by Crippen LogP contribution is -2.05. The minimum atomic E-state index is -0.373. The van der Waals surface area contributed by atoms with Gasteiger partial charge in [0, 0.05) is 9.50 Å². The van der Waals surface area contributed by atoms with Crippen molar-refractivity contribution >= 4 is 50.2 Å². The molecule has 0 amide bonds. The zero-order valence-corrected chi connectivity index (χ0v) is 14.0. The van der Waals surface area contributed by atoms with E-state index in [-0.39, 0.29) is 11.2 Å². The Hall–Kier alpha value is -1.10. The van der Waals surface area contributed by atoms with Crippen molar-refractivity contribution in [1.82, 2.24) is 9.55 Å². The molecule has 0 fully saturated rings. The van der Waals surface area contributed by atoms with Gasteiger partial charge in [0.1, 0.15) is 11.6 Å². The van der Waals surface area contributed by atoms with Gasteiger partial charge in [-0.2, -0.15) is 0 Å². The van der Waals surface area contributed by atoms with Crippen LogP contribution in [0.15, 0.2) is 40.9 Å². The fourth-order valence-electron chi connectivity index (χ4n) is 2.27. The lowest BCUT2D eigenvalue weighted by molar-refractivity contribution is 0.615. The van der Waals surface area contributed by atoms with Crippen LogP contribution >= 0.6 is 39.1 Å². The Morgan fingerprint density at radius 1 is 1.29 bits per heavy atom. The summed E-state index contributed by atoms with van der Waals surface area (Å²) in [7, 11) is 0. The highest BCUT2D eigenvalue weighted by atomic mass is 79.9. The topological polar surface area (TPSA) is 17.8 Å². The van der Waals surface area contributed by atoms with Crippen molar-refractivity contribution in [2.45, 2.75) is 12.3 Å². The SMILES string of the molecule is CC(Cl)c1nc2ccc(Cl)cc2n1-c1c(F)cccc1Br. The number of hydrogen-bond acceptors (Lipinski definition) is 1. The van der Waals surface area contributed by atoms with Crippen LogP contribution in [0.2, 0.25) is 5.02 Å². The molecule has 0 N–H and O–H groups in total. The number of halogens is 4. The van der Waals surface area contributed by atoms with E-state index in [1.807, 2.05) is 0 Å². The van der Waals surface area contributed by atoms with E-state index in [2.05, 4.69) is 20.9 Å². The average molecular weight is 388 g/mol. The summed E-state index contributed by atoms with van der Waals surface area (Å²) in [5.41, 5.74) is 1.82. The number of fused-ring (bicyclic) bond motifs is 1. The van der Waals surface area contributed by atoms with E-state index in [0.717, 1.165) is 11.0 Å². The molecule has 21 heavy (non-hydrogen) atoms. The van der Waals surface area contributed by atoms with Crippen LogP contribution in [0.5, 0.6) is 0 Å². The highest BCUT2D eigenvalue weighted by Gasteiger charge is 2.20. The van der Waals surface area contributed by atoms with Gasteiger partial charge in [-0.25, -0.2) is 9.37 Å². The van der Waals surface area contributed by atoms with Gasteiger partial charge in [0.25, 0.3) is 0 Å². The number of nitrogens with zero attached hydrogens (tertiary/aromatic N) is 2. The normalized spacial score (nSPS) is 12.8. The Morgan fingerprint density at radius 3 is 2.71 bits per heavy atom. The van der Waals surface area contributed by atoms with Crippen LogP contribution in [-0.2, 0) is 0 Å². The molecule has 0 aliphatic heterocycles. The first kappa shape index (κ1) is 14.8. The van der Waals surface area contributed by atoms with E-state index in [1.54, 1.807) is 41.8 Å². The predicted octanol–water partition coefficient (Wildman–Crippen LogP) is 5.88. The van der Waals surface area contributed by atoms with Crippen molar-refractivity contribution in [3.05, 3.63) is 57.5 Å². The van der Waals surface area contributed by atoms with Crippen LogP contribution in [0.4, 0.5) is 4.39 Å². The van der Waals surface area contributed by atoms with E-state index in [0.29, 0.717) is 21.0 Å². The lowest BCUT2D eigenvalue weighted by atomic mass is 10.2. The Kier molecular flexibility index (Phi) is 3.95. The summed E-state index contributed by atoms with van der Waals surface area (Å²) in [4.78, 5) is 4.50. The fourth-order valence-corrected chi connectivity index (χ4v) is 3.10. The van der Waals surface area contributed by atoms with Gasteiger partial charge in [0.05, 0.1) is 22.1 Å². The lowest BCUT2D eigenvalue weighted by Gasteiger charge is -2.13. The average Bonchev–Trinajstić information content (AvgIpc) is 2.78. The standard InChI is InChI=1S/C15H10BrCl2FN2/c1-8(17)15-20-12-6-5-9(18)7-13(12)21(15)14-10(16)3-2-4-11(14)19/h2-8H,1H3. The number of rotatable bonds is 2. The number of benzene rings is 2. The van der Waals surface area contributed by atoms with Gasteiger partial charge in [-0.1, -0.05) is 17.7 Å². The summed E-state index contributed by atoms with van der Waals surface area (Å²) in [6, 6.07) is 10.1. The molecule has 2 aromatic carbocycles. The molecule has 3 rings (SSSR count). The molecule has 2 nitrogen and oxygen atoms in total. The zero-order valence-electron chi connectivity index (χ0n) is 10.9.